The molecular weight excluding hydrogens is 431 g/mol. The maximum absolute atomic E-state index is 6.17. The van der Waals surface area contributed by atoms with E-state index in [1.54, 1.807) is 0 Å². The van der Waals surface area contributed by atoms with Crippen LogP contribution in [0.2, 0.25) is 5.02 Å². The first-order chi connectivity index (χ1) is 11.5. The van der Waals surface area contributed by atoms with Crippen LogP contribution in [0, 0.1) is 24.3 Å². The van der Waals surface area contributed by atoms with Crippen LogP contribution in [0.1, 0.15) is 22.5 Å². The number of benzene rings is 2. The molecule has 3 aromatic rings. The van der Waals surface area contributed by atoms with Gasteiger partial charge in [-0.15, -0.1) is 0 Å². The molecular formula is C20H18ClIN2. The molecule has 24 heavy (non-hydrogen) atoms. The average Bonchev–Trinajstić information content (AvgIpc) is 2.84. The Morgan fingerprint density at radius 3 is 2.46 bits per heavy atom. The van der Waals surface area contributed by atoms with Crippen molar-refractivity contribution in [2.45, 2.75) is 20.8 Å². The van der Waals surface area contributed by atoms with Crippen molar-refractivity contribution in [3.63, 3.8) is 0 Å². The lowest BCUT2D eigenvalue weighted by Gasteiger charge is -2.09. The van der Waals surface area contributed by atoms with Gasteiger partial charge in [-0.25, -0.2) is 0 Å². The summed E-state index contributed by atoms with van der Waals surface area (Å²) in [7, 11) is 0. The van der Waals surface area contributed by atoms with Crippen molar-refractivity contribution in [3.8, 4) is 5.69 Å². The Labute approximate surface area is 161 Å². The molecule has 4 heteroatoms. The molecule has 0 radical (unpaired) electrons. The summed E-state index contributed by atoms with van der Waals surface area (Å²) in [5, 5.41) is 0.744. The highest BCUT2D eigenvalue weighted by atomic mass is 127. The van der Waals surface area contributed by atoms with Crippen molar-refractivity contribution in [1.82, 2.24) is 4.57 Å². The van der Waals surface area contributed by atoms with E-state index in [4.69, 9.17) is 11.6 Å². The van der Waals surface area contributed by atoms with Crippen LogP contribution < -0.4 is 0 Å². The molecule has 0 N–H and O–H groups in total. The second-order valence-corrected chi connectivity index (χ2v) is 7.43. The van der Waals surface area contributed by atoms with Crippen LogP contribution in [0.25, 0.3) is 5.69 Å². The Kier molecular flexibility index (Phi) is 5.11. The highest BCUT2D eigenvalue weighted by Crippen LogP contribution is 2.26. The van der Waals surface area contributed by atoms with Crippen LogP contribution in [0.4, 0.5) is 5.69 Å². The van der Waals surface area contributed by atoms with E-state index in [1.807, 2.05) is 31.3 Å². The minimum Gasteiger partial charge on any atom is -0.318 e. The Bertz CT molecular complexity index is 908. The Hall–Kier alpha value is -1.59. The highest BCUT2D eigenvalue weighted by Gasteiger charge is 2.09. The molecule has 0 bridgehead atoms. The van der Waals surface area contributed by atoms with E-state index in [-0.39, 0.29) is 0 Å². The van der Waals surface area contributed by atoms with Crippen molar-refractivity contribution < 1.29 is 0 Å². The predicted octanol–water partition coefficient (Wildman–Crippen LogP) is 6.41. The number of nitrogens with zero attached hydrogens (tertiary/aromatic N) is 2. The van der Waals surface area contributed by atoms with Crippen LogP contribution in [-0.4, -0.2) is 10.8 Å². The molecule has 0 aliphatic rings. The number of hydrogen-bond donors (Lipinski definition) is 0. The zero-order valence-electron chi connectivity index (χ0n) is 13.8. The lowest BCUT2D eigenvalue weighted by molar-refractivity contribution is 0.964. The van der Waals surface area contributed by atoms with Gasteiger partial charge in [0.15, 0.2) is 0 Å². The number of hydrogen-bond acceptors (Lipinski definition) is 1. The standard InChI is InChI=1S/C20H18ClIN2/c1-13-11-16(12-23-20-6-4-5-19(21)14(20)2)15(3)24(13)18-9-7-17(22)8-10-18/h4-12H,1-3H3. The fourth-order valence-electron chi connectivity index (χ4n) is 2.78. The summed E-state index contributed by atoms with van der Waals surface area (Å²) < 4.78 is 3.49. The third-order valence-electron chi connectivity index (χ3n) is 4.14. The topological polar surface area (TPSA) is 17.3 Å². The Morgan fingerprint density at radius 1 is 1.04 bits per heavy atom. The number of aryl methyl sites for hydroxylation is 1. The maximum Gasteiger partial charge on any atom is 0.0673 e. The summed E-state index contributed by atoms with van der Waals surface area (Å²) in [6.07, 6.45) is 1.92. The van der Waals surface area contributed by atoms with Gasteiger partial charge < -0.3 is 4.57 Å². The average molecular weight is 449 g/mol. The summed E-state index contributed by atoms with van der Waals surface area (Å²) >= 11 is 8.49. The molecule has 2 aromatic carbocycles. The first-order valence-corrected chi connectivity index (χ1v) is 9.17. The molecule has 0 atom stereocenters. The molecule has 0 unspecified atom stereocenters. The molecule has 1 aromatic heterocycles. The first kappa shape index (κ1) is 17.2. The zero-order chi connectivity index (χ0) is 17.3. The van der Waals surface area contributed by atoms with Gasteiger partial charge in [-0.1, -0.05) is 17.7 Å². The number of rotatable bonds is 3. The van der Waals surface area contributed by atoms with Crippen molar-refractivity contribution in [2.75, 3.05) is 0 Å². The summed E-state index contributed by atoms with van der Waals surface area (Å²) in [5.41, 5.74) is 6.56. The van der Waals surface area contributed by atoms with Gasteiger partial charge in [0.05, 0.1) is 5.69 Å². The molecule has 122 valence electrons. The van der Waals surface area contributed by atoms with Gasteiger partial charge in [0, 0.05) is 37.4 Å². The van der Waals surface area contributed by atoms with Gasteiger partial charge >= 0.3 is 0 Å². The van der Waals surface area contributed by atoms with E-state index in [0.717, 1.165) is 21.8 Å². The fraction of sp³-hybridized carbons (Fsp3) is 0.150. The molecule has 0 saturated heterocycles. The Balaban J connectivity index is 1.98. The molecule has 0 aliphatic carbocycles. The van der Waals surface area contributed by atoms with E-state index < -0.39 is 0 Å². The molecule has 1 heterocycles. The van der Waals surface area contributed by atoms with Crippen molar-refractivity contribution in [2.24, 2.45) is 4.99 Å². The van der Waals surface area contributed by atoms with Gasteiger partial charge in [0.25, 0.3) is 0 Å². The smallest absolute Gasteiger partial charge is 0.0673 e. The van der Waals surface area contributed by atoms with Gasteiger partial charge in [-0.3, -0.25) is 4.99 Å². The quantitative estimate of drug-likeness (QED) is 0.325. The van der Waals surface area contributed by atoms with Crippen molar-refractivity contribution in [1.29, 1.82) is 0 Å². The Morgan fingerprint density at radius 2 is 1.75 bits per heavy atom. The van der Waals surface area contributed by atoms with Crippen molar-refractivity contribution in [3.05, 3.63) is 79.6 Å². The first-order valence-electron chi connectivity index (χ1n) is 7.71. The van der Waals surface area contributed by atoms with Crippen LogP contribution in [-0.2, 0) is 0 Å². The monoisotopic (exact) mass is 448 g/mol. The summed E-state index contributed by atoms with van der Waals surface area (Å²) in [5.74, 6) is 0. The van der Waals surface area contributed by atoms with E-state index in [1.165, 1.54) is 20.6 Å². The zero-order valence-corrected chi connectivity index (χ0v) is 16.8. The molecule has 0 fully saturated rings. The lowest BCUT2D eigenvalue weighted by atomic mass is 10.2. The van der Waals surface area contributed by atoms with Gasteiger partial charge in [-0.2, -0.15) is 0 Å². The summed E-state index contributed by atoms with van der Waals surface area (Å²) in [6, 6.07) is 16.5. The summed E-state index contributed by atoms with van der Waals surface area (Å²) in [4.78, 5) is 4.64. The van der Waals surface area contributed by atoms with Crippen LogP contribution in [0.3, 0.4) is 0 Å². The van der Waals surface area contributed by atoms with E-state index in [0.29, 0.717) is 0 Å². The molecule has 2 nitrogen and oxygen atoms in total. The second kappa shape index (κ2) is 7.11. The molecule has 0 saturated carbocycles. The predicted molar refractivity (Wildman–Crippen MR) is 111 cm³/mol. The normalized spacial score (nSPS) is 11.4. The third kappa shape index (κ3) is 3.42. The van der Waals surface area contributed by atoms with Gasteiger partial charge in [0.1, 0.15) is 0 Å². The molecule has 0 spiro atoms. The second-order valence-electron chi connectivity index (χ2n) is 5.78. The number of halogens is 2. The lowest BCUT2D eigenvalue weighted by Crippen LogP contribution is -1.99. The number of aliphatic imine (C=N–C) groups is 1. The van der Waals surface area contributed by atoms with Crippen LogP contribution in [0.5, 0.6) is 0 Å². The molecule has 0 aliphatic heterocycles. The minimum atomic E-state index is 0.744. The SMILES string of the molecule is Cc1c(Cl)cccc1N=Cc1cc(C)n(-c2ccc(I)cc2)c1C. The van der Waals surface area contributed by atoms with Crippen LogP contribution in [0.15, 0.2) is 53.5 Å². The van der Waals surface area contributed by atoms with E-state index >= 15 is 0 Å². The largest absolute Gasteiger partial charge is 0.318 e. The maximum atomic E-state index is 6.17. The van der Waals surface area contributed by atoms with E-state index in [9.17, 15) is 0 Å². The minimum absolute atomic E-state index is 0.744. The van der Waals surface area contributed by atoms with Crippen LogP contribution >= 0.6 is 34.2 Å². The third-order valence-corrected chi connectivity index (χ3v) is 5.27. The number of aromatic nitrogens is 1. The summed E-state index contributed by atoms with van der Waals surface area (Å²) in [6.45, 7) is 6.23. The van der Waals surface area contributed by atoms with Gasteiger partial charge in [-0.05, 0) is 91.4 Å². The van der Waals surface area contributed by atoms with Gasteiger partial charge in [0.2, 0.25) is 0 Å². The molecule has 0 amide bonds. The molecule has 3 rings (SSSR count). The van der Waals surface area contributed by atoms with Crippen molar-refractivity contribution >= 4 is 46.1 Å². The highest BCUT2D eigenvalue weighted by molar-refractivity contribution is 14.1. The van der Waals surface area contributed by atoms with E-state index in [2.05, 4.69) is 76.3 Å². The fourth-order valence-corrected chi connectivity index (χ4v) is 3.31.